The van der Waals surface area contributed by atoms with E-state index in [9.17, 15) is 4.79 Å². The molecule has 138 valence electrons. The third kappa shape index (κ3) is 2.54. The van der Waals surface area contributed by atoms with Gasteiger partial charge in [0.2, 0.25) is 5.78 Å². The molecule has 3 aromatic rings. The maximum atomic E-state index is 13.1. The van der Waals surface area contributed by atoms with Gasteiger partial charge in [-0.1, -0.05) is 30.3 Å². The van der Waals surface area contributed by atoms with E-state index in [1.54, 1.807) is 4.52 Å². The van der Waals surface area contributed by atoms with Gasteiger partial charge in [0, 0.05) is 24.7 Å². The number of hydrogen-bond donors (Lipinski definition) is 1. The molecular weight excluding hydrogens is 338 g/mol. The fraction of sp³-hybridized carbons (Fsp3) is 0.476. The SMILES string of the molecule is O=c1c(-c2ccccc2)cn(C[C@H]2C[C@H]3C[C@@H]2CN3)c2nc(C3CC3)nn12. The van der Waals surface area contributed by atoms with Gasteiger partial charge in [0.25, 0.3) is 5.56 Å². The minimum atomic E-state index is -0.0681. The second-order valence-corrected chi connectivity index (χ2v) is 8.42. The Morgan fingerprint density at radius 1 is 1.15 bits per heavy atom. The molecule has 0 radical (unpaired) electrons. The lowest BCUT2D eigenvalue weighted by molar-refractivity contribution is 0.312. The molecule has 3 aliphatic rings. The van der Waals surface area contributed by atoms with Crippen LogP contribution in [0.4, 0.5) is 0 Å². The maximum absolute atomic E-state index is 13.1. The van der Waals surface area contributed by atoms with Gasteiger partial charge in [-0.2, -0.15) is 9.50 Å². The molecule has 1 saturated heterocycles. The molecular formula is C21H23N5O. The highest BCUT2D eigenvalue weighted by molar-refractivity contribution is 5.62. The van der Waals surface area contributed by atoms with Crippen LogP contribution in [0.1, 0.15) is 37.4 Å². The fourth-order valence-electron chi connectivity index (χ4n) is 4.91. The van der Waals surface area contributed by atoms with Gasteiger partial charge in [-0.05, 0) is 49.6 Å². The zero-order valence-corrected chi connectivity index (χ0v) is 15.2. The van der Waals surface area contributed by atoms with E-state index in [1.807, 2.05) is 36.5 Å². The lowest BCUT2D eigenvalue weighted by Gasteiger charge is -2.23. The summed E-state index contributed by atoms with van der Waals surface area (Å²) in [7, 11) is 0. The van der Waals surface area contributed by atoms with Crippen LogP contribution in [0.15, 0.2) is 41.3 Å². The van der Waals surface area contributed by atoms with Crippen molar-refractivity contribution in [3.8, 4) is 11.1 Å². The van der Waals surface area contributed by atoms with E-state index in [0.29, 0.717) is 29.2 Å². The second kappa shape index (κ2) is 5.76. The highest BCUT2D eigenvalue weighted by atomic mass is 16.1. The van der Waals surface area contributed by atoms with E-state index in [1.165, 1.54) is 12.8 Å². The molecule has 3 heterocycles. The first kappa shape index (κ1) is 15.6. The van der Waals surface area contributed by atoms with Crippen LogP contribution in [-0.4, -0.2) is 31.8 Å². The number of nitrogens with one attached hydrogen (secondary N) is 1. The summed E-state index contributed by atoms with van der Waals surface area (Å²) in [5, 5.41) is 8.19. The normalized spacial score (nSPS) is 26.9. The molecule has 2 saturated carbocycles. The van der Waals surface area contributed by atoms with E-state index in [4.69, 9.17) is 4.98 Å². The summed E-state index contributed by atoms with van der Waals surface area (Å²) >= 11 is 0. The zero-order valence-electron chi connectivity index (χ0n) is 15.2. The molecule has 3 atom stereocenters. The van der Waals surface area contributed by atoms with Gasteiger partial charge >= 0.3 is 0 Å². The largest absolute Gasteiger partial charge is 0.316 e. The Hall–Kier alpha value is -2.47. The minimum absolute atomic E-state index is 0.0681. The molecule has 6 nitrogen and oxygen atoms in total. The topological polar surface area (TPSA) is 64.2 Å². The Labute approximate surface area is 157 Å². The first-order valence-electron chi connectivity index (χ1n) is 10.0. The van der Waals surface area contributed by atoms with Crippen molar-refractivity contribution in [1.29, 1.82) is 0 Å². The van der Waals surface area contributed by atoms with Crippen LogP contribution in [0, 0.1) is 11.8 Å². The molecule has 1 aliphatic heterocycles. The molecule has 0 amide bonds. The van der Waals surface area contributed by atoms with Gasteiger partial charge in [-0.3, -0.25) is 4.79 Å². The predicted octanol–water partition coefficient (Wildman–Crippen LogP) is 2.43. The van der Waals surface area contributed by atoms with Crippen LogP contribution in [0.3, 0.4) is 0 Å². The molecule has 27 heavy (non-hydrogen) atoms. The van der Waals surface area contributed by atoms with E-state index in [2.05, 4.69) is 15.0 Å². The van der Waals surface area contributed by atoms with Crippen molar-refractivity contribution < 1.29 is 0 Å². The quantitative estimate of drug-likeness (QED) is 0.775. The van der Waals surface area contributed by atoms with Crippen molar-refractivity contribution in [2.24, 2.45) is 11.8 Å². The molecule has 1 aromatic carbocycles. The van der Waals surface area contributed by atoms with Crippen LogP contribution >= 0.6 is 0 Å². The summed E-state index contributed by atoms with van der Waals surface area (Å²) in [6.45, 7) is 2.03. The van der Waals surface area contributed by atoms with Crippen molar-refractivity contribution in [2.45, 2.75) is 44.2 Å². The van der Waals surface area contributed by atoms with Crippen LogP contribution in [0.5, 0.6) is 0 Å². The van der Waals surface area contributed by atoms with Crippen LogP contribution in [-0.2, 0) is 6.54 Å². The first-order chi connectivity index (χ1) is 13.3. The van der Waals surface area contributed by atoms with Gasteiger partial charge in [0.15, 0.2) is 5.82 Å². The molecule has 3 fully saturated rings. The summed E-state index contributed by atoms with van der Waals surface area (Å²) in [5.74, 6) is 3.36. The van der Waals surface area contributed by atoms with E-state index < -0.39 is 0 Å². The van der Waals surface area contributed by atoms with Gasteiger partial charge in [0.1, 0.15) is 0 Å². The van der Waals surface area contributed by atoms with Crippen molar-refractivity contribution in [3.05, 3.63) is 52.7 Å². The van der Waals surface area contributed by atoms with Crippen molar-refractivity contribution >= 4 is 5.78 Å². The van der Waals surface area contributed by atoms with E-state index in [0.717, 1.165) is 43.2 Å². The predicted molar refractivity (Wildman–Crippen MR) is 103 cm³/mol. The van der Waals surface area contributed by atoms with Crippen molar-refractivity contribution in [3.63, 3.8) is 0 Å². The third-order valence-corrected chi connectivity index (χ3v) is 6.54. The fourth-order valence-corrected chi connectivity index (χ4v) is 4.91. The summed E-state index contributed by atoms with van der Waals surface area (Å²) in [4.78, 5) is 17.9. The lowest BCUT2D eigenvalue weighted by Crippen LogP contribution is -2.32. The molecule has 6 rings (SSSR count). The monoisotopic (exact) mass is 361 g/mol. The van der Waals surface area contributed by atoms with E-state index >= 15 is 0 Å². The highest BCUT2D eigenvalue weighted by Crippen LogP contribution is 2.39. The van der Waals surface area contributed by atoms with Crippen LogP contribution in [0.25, 0.3) is 16.9 Å². The molecule has 0 spiro atoms. The summed E-state index contributed by atoms with van der Waals surface area (Å²) < 4.78 is 3.73. The highest BCUT2D eigenvalue weighted by Gasteiger charge is 2.39. The number of nitrogens with zero attached hydrogens (tertiary/aromatic N) is 4. The summed E-state index contributed by atoms with van der Waals surface area (Å²) in [6, 6.07) is 10.6. The average molecular weight is 361 g/mol. The van der Waals surface area contributed by atoms with Gasteiger partial charge < -0.3 is 9.88 Å². The number of rotatable bonds is 4. The standard InChI is InChI=1S/C21H23N5O/c27-20-18(13-4-2-1-3-5-13)12-25(11-16-9-17-8-15(16)10-22-17)21-23-19(14-6-7-14)24-26(20)21/h1-5,12,14-17,22H,6-11H2/t15-,16-,17-/m1/s1. The number of fused-ring (bicyclic) bond motifs is 3. The van der Waals surface area contributed by atoms with Crippen molar-refractivity contribution in [1.82, 2.24) is 24.5 Å². The summed E-state index contributed by atoms with van der Waals surface area (Å²) in [5.41, 5.74) is 1.58. The molecule has 2 aromatic heterocycles. The van der Waals surface area contributed by atoms with E-state index in [-0.39, 0.29) is 5.56 Å². The Balaban J connectivity index is 1.50. The van der Waals surface area contributed by atoms with Crippen LogP contribution in [0.2, 0.25) is 0 Å². The average Bonchev–Trinajstić information content (AvgIpc) is 3.12. The van der Waals surface area contributed by atoms with Gasteiger partial charge in [-0.25, -0.2) is 0 Å². The first-order valence-corrected chi connectivity index (χ1v) is 10.0. The molecule has 6 heteroatoms. The Morgan fingerprint density at radius 2 is 2.00 bits per heavy atom. The Morgan fingerprint density at radius 3 is 2.70 bits per heavy atom. The Kier molecular flexibility index (Phi) is 3.32. The third-order valence-electron chi connectivity index (χ3n) is 6.54. The maximum Gasteiger partial charge on any atom is 0.283 e. The zero-order chi connectivity index (χ0) is 18.0. The molecule has 2 aliphatic carbocycles. The number of aromatic nitrogens is 4. The minimum Gasteiger partial charge on any atom is -0.316 e. The Bertz CT molecular complexity index is 1070. The van der Waals surface area contributed by atoms with Crippen LogP contribution < -0.4 is 10.9 Å². The molecule has 1 N–H and O–H groups in total. The lowest BCUT2D eigenvalue weighted by atomic mass is 9.95. The van der Waals surface area contributed by atoms with Gasteiger partial charge in [-0.15, -0.1) is 5.10 Å². The smallest absolute Gasteiger partial charge is 0.283 e. The van der Waals surface area contributed by atoms with Gasteiger partial charge in [0.05, 0.1) is 5.56 Å². The number of benzene rings is 1. The second-order valence-electron chi connectivity index (χ2n) is 8.42. The summed E-state index contributed by atoms with van der Waals surface area (Å²) in [6.07, 6.45) is 6.78. The van der Waals surface area contributed by atoms with Crippen molar-refractivity contribution in [2.75, 3.05) is 6.54 Å². The molecule has 0 unspecified atom stereocenters. The number of hydrogen-bond acceptors (Lipinski definition) is 4. The number of piperidine rings is 1. The molecule has 2 bridgehead atoms.